The van der Waals surface area contributed by atoms with E-state index >= 15 is 0 Å². The lowest BCUT2D eigenvalue weighted by atomic mass is 10.1. The van der Waals surface area contributed by atoms with Crippen LogP contribution in [0.4, 0.5) is 5.69 Å². The van der Waals surface area contributed by atoms with Crippen molar-refractivity contribution in [2.24, 2.45) is 0 Å². The minimum atomic E-state index is -3.34. The Kier molecular flexibility index (Phi) is 4.16. The zero-order valence-electron chi connectivity index (χ0n) is 12.6. The minimum Gasteiger partial charge on any atom is -0.478 e. The van der Waals surface area contributed by atoms with Gasteiger partial charge in [-0.05, 0) is 30.3 Å². The van der Waals surface area contributed by atoms with Crippen LogP contribution >= 0.6 is 0 Å². The number of aromatic carboxylic acids is 1. The van der Waals surface area contributed by atoms with Crippen LogP contribution in [-0.4, -0.2) is 46.9 Å². The zero-order chi connectivity index (χ0) is 15.8. The van der Waals surface area contributed by atoms with E-state index in [9.17, 15) is 18.3 Å². The molecule has 1 saturated heterocycles. The summed E-state index contributed by atoms with van der Waals surface area (Å²) in [7, 11) is -4.51. The first-order valence-corrected chi connectivity index (χ1v) is 12.2. The van der Waals surface area contributed by atoms with Gasteiger partial charge in [-0.3, -0.25) is 0 Å². The number of rotatable bonds is 3. The number of sulfone groups is 1. The van der Waals surface area contributed by atoms with Crippen molar-refractivity contribution in [1.82, 2.24) is 0 Å². The van der Waals surface area contributed by atoms with Crippen LogP contribution in [0.2, 0.25) is 25.2 Å². The molecule has 0 radical (unpaired) electrons. The smallest absolute Gasteiger partial charge is 0.337 e. The molecule has 0 saturated carbocycles. The molecule has 2 rings (SSSR count). The highest BCUT2D eigenvalue weighted by Gasteiger charge is 2.29. The second-order valence-corrected chi connectivity index (χ2v) is 13.8. The molecule has 1 fully saturated rings. The monoisotopic (exact) mass is 327 g/mol. The molecule has 0 amide bonds. The SMILES string of the molecule is C[Si]1(C)CCN(c2cc(S(C)(=O)=O)ccc2C(=O)O)CC1. The maximum atomic E-state index is 11.7. The molecule has 0 atom stereocenters. The van der Waals surface area contributed by atoms with E-state index in [2.05, 4.69) is 13.1 Å². The average Bonchev–Trinajstić information content (AvgIpc) is 2.37. The normalized spacial score (nSPS) is 18.5. The fourth-order valence-electron chi connectivity index (χ4n) is 2.54. The summed E-state index contributed by atoms with van der Waals surface area (Å²) >= 11 is 0. The predicted molar refractivity (Wildman–Crippen MR) is 85.8 cm³/mol. The maximum Gasteiger partial charge on any atom is 0.337 e. The number of benzene rings is 1. The lowest BCUT2D eigenvalue weighted by molar-refractivity contribution is 0.0697. The molecule has 0 aromatic heterocycles. The molecule has 0 spiro atoms. The van der Waals surface area contributed by atoms with E-state index in [1.165, 1.54) is 18.2 Å². The van der Waals surface area contributed by atoms with Crippen molar-refractivity contribution in [3.05, 3.63) is 23.8 Å². The van der Waals surface area contributed by atoms with Crippen LogP contribution in [0, 0.1) is 0 Å². The van der Waals surface area contributed by atoms with Crippen molar-refractivity contribution in [2.75, 3.05) is 24.2 Å². The second-order valence-electron chi connectivity index (χ2n) is 6.41. The molecule has 1 aliphatic rings. The van der Waals surface area contributed by atoms with Crippen LogP contribution in [0.3, 0.4) is 0 Å². The molecule has 1 N–H and O–H groups in total. The highest BCUT2D eigenvalue weighted by molar-refractivity contribution is 7.90. The minimum absolute atomic E-state index is 0.170. The zero-order valence-corrected chi connectivity index (χ0v) is 14.4. The van der Waals surface area contributed by atoms with Crippen molar-refractivity contribution in [3.8, 4) is 0 Å². The van der Waals surface area contributed by atoms with Gasteiger partial charge in [-0.15, -0.1) is 0 Å². The predicted octanol–water partition coefficient (Wildman–Crippen LogP) is 2.32. The molecule has 0 bridgehead atoms. The number of hydrogen-bond donors (Lipinski definition) is 1. The Morgan fingerprint density at radius 1 is 1.24 bits per heavy atom. The summed E-state index contributed by atoms with van der Waals surface area (Å²) in [5, 5.41) is 9.33. The topological polar surface area (TPSA) is 74.7 Å². The summed E-state index contributed by atoms with van der Waals surface area (Å²) in [4.78, 5) is 13.6. The number of carboxylic acid groups (broad SMARTS) is 1. The maximum absolute atomic E-state index is 11.7. The largest absolute Gasteiger partial charge is 0.478 e. The summed E-state index contributed by atoms with van der Waals surface area (Å²) in [6, 6.07) is 6.44. The summed E-state index contributed by atoms with van der Waals surface area (Å²) in [6.45, 7) is 6.25. The van der Waals surface area contributed by atoms with Crippen LogP contribution in [0.15, 0.2) is 23.1 Å². The van der Waals surface area contributed by atoms with Gasteiger partial charge in [0.2, 0.25) is 0 Å². The number of hydrogen-bond acceptors (Lipinski definition) is 4. The van der Waals surface area contributed by atoms with Crippen molar-refractivity contribution in [2.45, 2.75) is 30.1 Å². The van der Waals surface area contributed by atoms with Gasteiger partial charge in [-0.25, -0.2) is 13.2 Å². The molecular weight excluding hydrogens is 306 g/mol. The van der Waals surface area contributed by atoms with E-state index in [1.54, 1.807) is 0 Å². The Labute approximate surface area is 126 Å². The summed E-state index contributed by atoms with van der Waals surface area (Å²) in [5.74, 6) is -1.02. The van der Waals surface area contributed by atoms with E-state index < -0.39 is 23.9 Å². The molecular formula is C14H21NO4SSi. The van der Waals surface area contributed by atoms with Crippen LogP contribution in [0.25, 0.3) is 0 Å². The lowest BCUT2D eigenvalue weighted by Gasteiger charge is -2.37. The van der Waals surface area contributed by atoms with Gasteiger partial charge in [0.15, 0.2) is 9.84 Å². The van der Waals surface area contributed by atoms with Gasteiger partial charge in [-0.1, -0.05) is 13.1 Å². The molecule has 0 aliphatic carbocycles. The first-order valence-electron chi connectivity index (χ1n) is 6.92. The van der Waals surface area contributed by atoms with Gasteiger partial charge in [0.05, 0.1) is 24.2 Å². The molecule has 5 nitrogen and oxygen atoms in total. The molecule has 1 aromatic rings. The summed E-state index contributed by atoms with van der Waals surface area (Å²) in [6.07, 6.45) is 1.14. The summed E-state index contributed by atoms with van der Waals surface area (Å²) < 4.78 is 23.4. The van der Waals surface area contributed by atoms with Crippen molar-refractivity contribution in [3.63, 3.8) is 0 Å². The average molecular weight is 327 g/mol. The standard InChI is InChI=1S/C14H21NO4SSi/c1-20(18,19)11-4-5-12(14(16)17)13(10-11)15-6-8-21(2,3)9-7-15/h4-5,10H,6-9H2,1-3H3,(H,16,17). The second kappa shape index (κ2) is 5.45. The van der Waals surface area contributed by atoms with Gasteiger partial charge in [-0.2, -0.15) is 0 Å². The third-order valence-electron chi connectivity index (χ3n) is 4.09. The highest BCUT2D eigenvalue weighted by atomic mass is 32.2. The van der Waals surface area contributed by atoms with Gasteiger partial charge < -0.3 is 10.0 Å². The summed E-state index contributed by atoms with van der Waals surface area (Å²) in [5.41, 5.74) is 0.693. The van der Waals surface area contributed by atoms with Crippen molar-refractivity contribution < 1.29 is 18.3 Å². The number of carbonyl (C=O) groups is 1. The molecule has 7 heteroatoms. The van der Waals surface area contributed by atoms with E-state index in [0.29, 0.717) is 5.69 Å². The number of carboxylic acids is 1. The van der Waals surface area contributed by atoms with Crippen LogP contribution < -0.4 is 4.90 Å². The molecule has 21 heavy (non-hydrogen) atoms. The Hall–Kier alpha value is -1.34. The third-order valence-corrected chi connectivity index (χ3v) is 8.35. The Morgan fingerprint density at radius 2 is 1.81 bits per heavy atom. The fraction of sp³-hybridized carbons (Fsp3) is 0.500. The molecule has 1 aliphatic heterocycles. The highest BCUT2D eigenvalue weighted by Crippen LogP contribution is 2.30. The van der Waals surface area contributed by atoms with Gasteiger partial charge in [0, 0.05) is 19.3 Å². The van der Waals surface area contributed by atoms with Gasteiger partial charge in [0.25, 0.3) is 0 Å². The van der Waals surface area contributed by atoms with Gasteiger partial charge >= 0.3 is 5.97 Å². The Morgan fingerprint density at radius 3 is 2.29 bits per heavy atom. The van der Waals surface area contributed by atoms with E-state index in [-0.39, 0.29) is 10.5 Å². The third kappa shape index (κ3) is 3.65. The van der Waals surface area contributed by atoms with E-state index in [1.807, 2.05) is 4.90 Å². The van der Waals surface area contributed by atoms with Crippen molar-refractivity contribution >= 4 is 29.6 Å². The number of anilines is 1. The fourth-order valence-corrected chi connectivity index (χ4v) is 5.18. The van der Waals surface area contributed by atoms with E-state index in [0.717, 1.165) is 31.4 Å². The molecule has 116 valence electrons. The van der Waals surface area contributed by atoms with Gasteiger partial charge in [0.1, 0.15) is 0 Å². The molecule has 0 unspecified atom stereocenters. The lowest BCUT2D eigenvalue weighted by Crippen LogP contribution is -2.43. The Balaban J connectivity index is 2.43. The van der Waals surface area contributed by atoms with Crippen molar-refractivity contribution in [1.29, 1.82) is 0 Å². The molecule has 1 heterocycles. The first kappa shape index (κ1) is 16.0. The molecule has 1 aromatic carbocycles. The number of nitrogens with zero attached hydrogens (tertiary/aromatic N) is 1. The van der Waals surface area contributed by atoms with Crippen LogP contribution in [0.1, 0.15) is 10.4 Å². The van der Waals surface area contributed by atoms with Crippen LogP contribution in [0.5, 0.6) is 0 Å². The Bertz CT molecular complexity index is 660. The van der Waals surface area contributed by atoms with Crippen LogP contribution in [-0.2, 0) is 9.84 Å². The first-order chi connectivity index (χ1) is 9.60. The van der Waals surface area contributed by atoms with E-state index in [4.69, 9.17) is 0 Å². The quantitative estimate of drug-likeness (QED) is 0.862.